The molecule has 1 amide bonds. The van der Waals surface area contributed by atoms with Crippen molar-refractivity contribution in [2.45, 2.75) is 31.0 Å². The highest BCUT2D eigenvalue weighted by molar-refractivity contribution is 7.99. The first kappa shape index (κ1) is 18.1. The summed E-state index contributed by atoms with van der Waals surface area (Å²) in [5, 5.41) is 14.4. The summed E-state index contributed by atoms with van der Waals surface area (Å²) >= 11 is 2.99. The minimum absolute atomic E-state index is 0.126. The lowest BCUT2D eigenvalue weighted by molar-refractivity contribution is -0.116. The van der Waals surface area contributed by atoms with Gasteiger partial charge in [-0.15, -0.1) is 16.4 Å². The molecule has 0 unspecified atom stereocenters. The van der Waals surface area contributed by atoms with Crippen molar-refractivity contribution in [2.24, 2.45) is 0 Å². The molecule has 0 saturated heterocycles. The van der Waals surface area contributed by atoms with E-state index < -0.39 is 0 Å². The fourth-order valence-electron chi connectivity index (χ4n) is 3.17. The Morgan fingerprint density at radius 1 is 1.30 bits per heavy atom. The Morgan fingerprint density at radius 3 is 3.07 bits per heavy atom. The minimum Gasteiger partial charge on any atom is -0.309 e. The third kappa shape index (κ3) is 4.03. The number of hydrogen-bond donors (Lipinski definition) is 0. The molecule has 0 fully saturated rings. The van der Waals surface area contributed by atoms with Gasteiger partial charge in [0.2, 0.25) is 11.1 Å². The van der Waals surface area contributed by atoms with Crippen molar-refractivity contribution >= 4 is 34.7 Å². The standard InChI is InChI=1S/C18H18FN5OS2/c19-15-7-1-4-13-5-2-9-23(17(13)15)16(25)12-27-18-20-21-22-24(18)10-8-14-6-3-11-26-14/h1,3-4,6-7,11H,2,5,8-10,12H2. The predicted octanol–water partition coefficient (Wildman–Crippen LogP) is 3.19. The Balaban J connectivity index is 1.40. The van der Waals surface area contributed by atoms with Crippen LogP contribution in [-0.2, 0) is 24.2 Å². The van der Waals surface area contributed by atoms with E-state index in [1.807, 2.05) is 17.5 Å². The summed E-state index contributed by atoms with van der Waals surface area (Å²) < 4.78 is 16.0. The number of halogens is 1. The molecule has 140 valence electrons. The number of anilines is 1. The van der Waals surface area contributed by atoms with Crippen LogP contribution in [0.5, 0.6) is 0 Å². The summed E-state index contributed by atoms with van der Waals surface area (Å²) in [4.78, 5) is 15.5. The van der Waals surface area contributed by atoms with Crippen molar-refractivity contribution in [3.8, 4) is 0 Å². The third-order valence-electron chi connectivity index (χ3n) is 4.44. The Kier molecular flexibility index (Phi) is 5.49. The largest absolute Gasteiger partial charge is 0.309 e. The zero-order chi connectivity index (χ0) is 18.6. The van der Waals surface area contributed by atoms with E-state index in [1.54, 1.807) is 27.0 Å². The van der Waals surface area contributed by atoms with Crippen molar-refractivity contribution in [3.05, 3.63) is 52.0 Å². The third-order valence-corrected chi connectivity index (χ3v) is 6.32. The number of rotatable bonds is 6. The van der Waals surface area contributed by atoms with Crippen LogP contribution >= 0.6 is 23.1 Å². The lowest BCUT2D eigenvalue weighted by Crippen LogP contribution is -2.37. The molecule has 0 atom stereocenters. The summed E-state index contributed by atoms with van der Waals surface area (Å²) in [6.45, 7) is 1.20. The van der Waals surface area contributed by atoms with E-state index in [0.717, 1.165) is 24.8 Å². The Bertz CT molecular complexity index is 928. The zero-order valence-corrected chi connectivity index (χ0v) is 16.2. The molecular weight excluding hydrogens is 385 g/mol. The van der Waals surface area contributed by atoms with Crippen LogP contribution in [-0.4, -0.2) is 38.4 Å². The van der Waals surface area contributed by atoms with Gasteiger partial charge in [-0.1, -0.05) is 30.0 Å². The topological polar surface area (TPSA) is 63.9 Å². The Hall–Kier alpha value is -2.26. The fourth-order valence-corrected chi connectivity index (χ4v) is 4.65. The number of benzene rings is 1. The predicted molar refractivity (Wildman–Crippen MR) is 104 cm³/mol. The van der Waals surface area contributed by atoms with Crippen LogP contribution in [0.15, 0.2) is 40.9 Å². The first-order valence-electron chi connectivity index (χ1n) is 8.71. The zero-order valence-electron chi connectivity index (χ0n) is 14.5. The van der Waals surface area contributed by atoms with Gasteiger partial charge in [0, 0.05) is 17.8 Å². The lowest BCUT2D eigenvalue weighted by Gasteiger charge is -2.29. The average Bonchev–Trinajstić information content (AvgIpc) is 3.36. The molecule has 1 aliphatic heterocycles. The van der Waals surface area contributed by atoms with E-state index >= 15 is 0 Å². The van der Waals surface area contributed by atoms with Gasteiger partial charge < -0.3 is 4.90 Å². The fraction of sp³-hybridized carbons (Fsp3) is 0.333. The molecule has 0 N–H and O–H groups in total. The van der Waals surface area contributed by atoms with Crippen molar-refractivity contribution in [2.75, 3.05) is 17.2 Å². The molecule has 0 bridgehead atoms. The number of fused-ring (bicyclic) bond motifs is 1. The first-order chi connectivity index (χ1) is 13.2. The summed E-state index contributed by atoms with van der Waals surface area (Å²) in [6, 6.07) is 9.08. The molecule has 0 spiro atoms. The number of aromatic nitrogens is 4. The van der Waals surface area contributed by atoms with Gasteiger partial charge in [0.05, 0.1) is 18.0 Å². The Morgan fingerprint density at radius 2 is 2.22 bits per heavy atom. The van der Waals surface area contributed by atoms with Gasteiger partial charge in [0.15, 0.2) is 0 Å². The number of hydrogen-bond acceptors (Lipinski definition) is 6. The van der Waals surface area contributed by atoms with Crippen LogP contribution in [0, 0.1) is 5.82 Å². The van der Waals surface area contributed by atoms with E-state index in [2.05, 4.69) is 21.6 Å². The monoisotopic (exact) mass is 403 g/mol. The van der Waals surface area contributed by atoms with Crippen molar-refractivity contribution in [1.29, 1.82) is 0 Å². The molecule has 1 aliphatic rings. The van der Waals surface area contributed by atoms with Crippen LogP contribution in [0.3, 0.4) is 0 Å². The van der Waals surface area contributed by atoms with Crippen molar-refractivity contribution in [3.63, 3.8) is 0 Å². The molecule has 4 rings (SSSR count). The van der Waals surface area contributed by atoms with Gasteiger partial charge in [0.1, 0.15) is 5.82 Å². The van der Waals surface area contributed by atoms with Gasteiger partial charge in [-0.2, -0.15) is 0 Å². The maximum absolute atomic E-state index is 14.3. The Labute approximate surface area is 164 Å². The van der Waals surface area contributed by atoms with E-state index in [0.29, 0.717) is 23.9 Å². The smallest absolute Gasteiger partial charge is 0.237 e. The van der Waals surface area contributed by atoms with Crippen LogP contribution in [0.1, 0.15) is 16.9 Å². The second-order valence-electron chi connectivity index (χ2n) is 6.20. The van der Waals surface area contributed by atoms with Crippen LogP contribution in [0.2, 0.25) is 0 Å². The van der Waals surface area contributed by atoms with E-state index in [-0.39, 0.29) is 17.5 Å². The van der Waals surface area contributed by atoms with Gasteiger partial charge in [0.25, 0.3) is 0 Å². The molecule has 3 heterocycles. The minimum atomic E-state index is -0.341. The van der Waals surface area contributed by atoms with E-state index in [9.17, 15) is 9.18 Å². The van der Waals surface area contributed by atoms with E-state index in [1.165, 1.54) is 22.7 Å². The summed E-state index contributed by atoms with van der Waals surface area (Å²) in [5.41, 5.74) is 1.31. The molecule has 9 heteroatoms. The highest BCUT2D eigenvalue weighted by Gasteiger charge is 2.26. The maximum Gasteiger partial charge on any atom is 0.237 e. The number of thiophene rings is 1. The lowest BCUT2D eigenvalue weighted by atomic mass is 10.0. The quantitative estimate of drug-likeness (QED) is 0.592. The summed E-state index contributed by atoms with van der Waals surface area (Å²) in [7, 11) is 0. The average molecular weight is 404 g/mol. The number of carbonyl (C=O) groups is 1. The SMILES string of the molecule is O=C(CSc1nnnn1CCc1cccs1)N1CCCc2cccc(F)c21. The molecule has 6 nitrogen and oxygen atoms in total. The van der Waals surface area contributed by atoms with Gasteiger partial charge >= 0.3 is 0 Å². The van der Waals surface area contributed by atoms with Crippen LogP contribution in [0.25, 0.3) is 0 Å². The second-order valence-corrected chi connectivity index (χ2v) is 8.17. The van der Waals surface area contributed by atoms with Crippen LogP contribution < -0.4 is 4.90 Å². The van der Waals surface area contributed by atoms with Gasteiger partial charge in [-0.3, -0.25) is 4.79 Å². The second kappa shape index (κ2) is 8.18. The molecule has 0 aliphatic carbocycles. The number of para-hydroxylation sites is 1. The van der Waals surface area contributed by atoms with Crippen molar-refractivity contribution in [1.82, 2.24) is 20.2 Å². The molecule has 3 aromatic rings. The number of amides is 1. The van der Waals surface area contributed by atoms with Gasteiger partial charge in [-0.05, 0) is 46.3 Å². The number of nitrogens with zero attached hydrogens (tertiary/aromatic N) is 5. The summed E-state index contributed by atoms with van der Waals surface area (Å²) in [5.74, 6) is -0.294. The molecule has 2 aromatic heterocycles. The highest BCUT2D eigenvalue weighted by atomic mass is 32.2. The summed E-state index contributed by atoms with van der Waals surface area (Å²) in [6.07, 6.45) is 2.48. The molecule has 0 radical (unpaired) electrons. The maximum atomic E-state index is 14.3. The number of tetrazole rings is 1. The van der Waals surface area contributed by atoms with E-state index in [4.69, 9.17) is 0 Å². The number of carbonyl (C=O) groups excluding carboxylic acids is 1. The molecular formula is C18H18FN5OS2. The molecule has 0 saturated carbocycles. The normalized spacial score (nSPS) is 13.6. The number of aryl methyl sites for hydroxylation is 3. The molecule has 1 aromatic carbocycles. The number of thioether (sulfide) groups is 1. The van der Waals surface area contributed by atoms with Gasteiger partial charge in [-0.25, -0.2) is 9.07 Å². The first-order valence-corrected chi connectivity index (χ1v) is 10.6. The molecule has 27 heavy (non-hydrogen) atoms. The van der Waals surface area contributed by atoms with Crippen molar-refractivity contribution < 1.29 is 9.18 Å². The van der Waals surface area contributed by atoms with Crippen LogP contribution in [0.4, 0.5) is 10.1 Å². The highest BCUT2D eigenvalue weighted by Crippen LogP contribution is 2.30.